The second-order valence-corrected chi connectivity index (χ2v) is 5.80. The summed E-state index contributed by atoms with van der Waals surface area (Å²) in [5, 5.41) is 0.768. The maximum Gasteiger partial charge on any atom is 0.123 e. The Bertz CT molecular complexity index is 585. The van der Waals surface area contributed by atoms with E-state index in [-0.39, 0.29) is 5.60 Å². The lowest BCUT2D eigenvalue weighted by atomic mass is 9.98. The van der Waals surface area contributed by atoms with E-state index in [1.165, 1.54) is 16.7 Å². The minimum absolute atomic E-state index is 0.0824. The third-order valence-corrected chi connectivity index (χ3v) is 3.49. The molecule has 3 rings (SSSR count). The Morgan fingerprint density at radius 1 is 1.00 bits per heavy atom. The summed E-state index contributed by atoms with van der Waals surface area (Å²) in [6, 6.07) is 14.3. The van der Waals surface area contributed by atoms with Crippen LogP contribution in [0.4, 0.5) is 0 Å². The summed E-state index contributed by atoms with van der Waals surface area (Å²) in [6.45, 7) is 4.24. The van der Waals surface area contributed by atoms with Crippen LogP contribution in [-0.2, 0) is 6.42 Å². The van der Waals surface area contributed by atoms with Gasteiger partial charge in [0.1, 0.15) is 11.4 Å². The Morgan fingerprint density at radius 2 is 1.67 bits per heavy atom. The predicted molar refractivity (Wildman–Crippen MR) is 75.3 cm³/mol. The Morgan fingerprint density at radius 3 is 2.39 bits per heavy atom. The van der Waals surface area contributed by atoms with Crippen LogP contribution < -0.4 is 4.74 Å². The van der Waals surface area contributed by atoms with E-state index in [0.29, 0.717) is 0 Å². The van der Waals surface area contributed by atoms with Crippen LogP contribution in [-0.4, -0.2) is 5.60 Å². The molecule has 1 aliphatic heterocycles. The van der Waals surface area contributed by atoms with E-state index in [9.17, 15) is 0 Å². The zero-order valence-corrected chi connectivity index (χ0v) is 11.3. The number of hydrogen-bond acceptors (Lipinski definition) is 1. The highest BCUT2D eigenvalue weighted by Crippen LogP contribution is 2.37. The van der Waals surface area contributed by atoms with Gasteiger partial charge in [0.05, 0.1) is 0 Å². The zero-order chi connectivity index (χ0) is 12.8. The molecule has 0 saturated carbocycles. The first-order valence-electron chi connectivity index (χ1n) is 6.11. The molecule has 0 fully saturated rings. The number of fused-ring (bicyclic) bond motifs is 1. The number of ether oxygens (including phenoxy) is 1. The van der Waals surface area contributed by atoms with E-state index in [2.05, 4.69) is 32.0 Å². The van der Waals surface area contributed by atoms with E-state index in [1.54, 1.807) is 0 Å². The van der Waals surface area contributed by atoms with Gasteiger partial charge in [0.15, 0.2) is 0 Å². The predicted octanol–water partition coefficient (Wildman–Crippen LogP) is 4.72. The third-order valence-electron chi connectivity index (χ3n) is 3.24. The SMILES string of the molecule is CC1(C)Cc2cc(-c3ccc(Cl)cc3)ccc2O1. The van der Waals surface area contributed by atoms with Gasteiger partial charge < -0.3 is 4.74 Å². The van der Waals surface area contributed by atoms with E-state index in [0.717, 1.165) is 17.2 Å². The zero-order valence-electron chi connectivity index (χ0n) is 10.5. The van der Waals surface area contributed by atoms with E-state index < -0.39 is 0 Å². The molecule has 0 N–H and O–H groups in total. The van der Waals surface area contributed by atoms with Crippen molar-refractivity contribution in [3.8, 4) is 16.9 Å². The summed E-state index contributed by atoms with van der Waals surface area (Å²) >= 11 is 5.91. The Labute approximate surface area is 112 Å². The van der Waals surface area contributed by atoms with Crippen molar-refractivity contribution in [2.75, 3.05) is 0 Å². The molecule has 1 aliphatic rings. The van der Waals surface area contributed by atoms with Crippen molar-refractivity contribution in [1.82, 2.24) is 0 Å². The van der Waals surface area contributed by atoms with Gasteiger partial charge in [-0.15, -0.1) is 0 Å². The second kappa shape index (κ2) is 4.03. The largest absolute Gasteiger partial charge is 0.487 e. The second-order valence-electron chi connectivity index (χ2n) is 5.37. The van der Waals surface area contributed by atoms with E-state index in [4.69, 9.17) is 16.3 Å². The third kappa shape index (κ3) is 2.11. The fourth-order valence-corrected chi connectivity index (χ4v) is 2.56. The number of rotatable bonds is 1. The molecule has 0 aromatic heterocycles. The maximum absolute atomic E-state index is 5.91. The number of hydrogen-bond donors (Lipinski definition) is 0. The molecule has 2 aromatic rings. The quantitative estimate of drug-likeness (QED) is 0.719. The average molecular weight is 259 g/mol. The molecular formula is C16H15ClO. The molecule has 1 nitrogen and oxygen atoms in total. The van der Waals surface area contributed by atoms with Crippen molar-refractivity contribution in [3.05, 3.63) is 53.1 Å². The van der Waals surface area contributed by atoms with Crippen molar-refractivity contribution in [3.63, 3.8) is 0 Å². The van der Waals surface area contributed by atoms with Gasteiger partial charge in [-0.2, -0.15) is 0 Å². The number of halogens is 1. The van der Waals surface area contributed by atoms with Gasteiger partial charge in [0.2, 0.25) is 0 Å². The van der Waals surface area contributed by atoms with Crippen molar-refractivity contribution in [1.29, 1.82) is 0 Å². The molecule has 0 amide bonds. The molecular weight excluding hydrogens is 244 g/mol. The van der Waals surface area contributed by atoms with Crippen molar-refractivity contribution >= 4 is 11.6 Å². The van der Waals surface area contributed by atoms with Crippen LogP contribution >= 0.6 is 11.6 Å². The van der Waals surface area contributed by atoms with Crippen LogP contribution in [0.5, 0.6) is 5.75 Å². The highest BCUT2D eigenvalue weighted by molar-refractivity contribution is 6.30. The Balaban J connectivity index is 1.99. The van der Waals surface area contributed by atoms with E-state index in [1.807, 2.05) is 24.3 Å². The van der Waals surface area contributed by atoms with Crippen molar-refractivity contribution < 1.29 is 4.74 Å². The van der Waals surface area contributed by atoms with Crippen molar-refractivity contribution in [2.24, 2.45) is 0 Å². The molecule has 0 radical (unpaired) electrons. The molecule has 0 atom stereocenters. The fraction of sp³-hybridized carbons (Fsp3) is 0.250. The van der Waals surface area contributed by atoms with Gasteiger partial charge in [0.25, 0.3) is 0 Å². The first kappa shape index (κ1) is 11.6. The van der Waals surface area contributed by atoms with E-state index >= 15 is 0 Å². The van der Waals surface area contributed by atoms with Crippen LogP contribution in [0.15, 0.2) is 42.5 Å². The summed E-state index contributed by atoms with van der Waals surface area (Å²) in [7, 11) is 0. The molecule has 0 aliphatic carbocycles. The lowest BCUT2D eigenvalue weighted by Gasteiger charge is -2.16. The normalized spacial score (nSPS) is 16.2. The summed E-state index contributed by atoms with van der Waals surface area (Å²) in [4.78, 5) is 0. The molecule has 0 unspecified atom stereocenters. The Hall–Kier alpha value is -1.47. The fourth-order valence-electron chi connectivity index (χ4n) is 2.43. The molecule has 2 heteroatoms. The molecule has 2 aromatic carbocycles. The maximum atomic E-state index is 5.91. The highest BCUT2D eigenvalue weighted by atomic mass is 35.5. The molecule has 1 heterocycles. The first-order chi connectivity index (χ1) is 8.53. The monoisotopic (exact) mass is 258 g/mol. The van der Waals surface area contributed by atoms with Crippen LogP contribution in [0, 0.1) is 0 Å². The number of benzene rings is 2. The molecule has 0 saturated heterocycles. The highest BCUT2D eigenvalue weighted by Gasteiger charge is 2.29. The summed E-state index contributed by atoms with van der Waals surface area (Å²) in [6.07, 6.45) is 0.962. The summed E-state index contributed by atoms with van der Waals surface area (Å²) in [5.74, 6) is 1.01. The minimum atomic E-state index is -0.0824. The first-order valence-corrected chi connectivity index (χ1v) is 6.49. The lowest BCUT2D eigenvalue weighted by Crippen LogP contribution is -2.24. The Kier molecular flexibility index (Phi) is 2.60. The standard InChI is InChI=1S/C16H15ClO/c1-16(2)10-13-9-12(5-8-15(13)18-16)11-3-6-14(17)7-4-11/h3-9H,10H2,1-2H3. The molecule has 18 heavy (non-hydrogen) atoms. The molecule has 92 valence electrons. The summed E-state index contributed by atoms with van der Waals surface area (Å²) < 4.78 is 5.88. The van der Waals surface area contributed by atoms with Gasteiger partial charge >= 0.3 is 0 Å². The smallest absolute Gasteiger partial charge is 0.123 e. The summed E-state index contributed by atoms with van der Waals surface area (Å²) in [5.41, 5.74) is 3.60. The molecule has 0 bridgehead atoms. The van der Waals surface area contributed by atoms with Crippen LogP contribution in [0.25, 0.3) is 11.1 Å². The van der Waals surface area contributed by atoms with Crippen LogP contribution in [0.2, 0.25) is 5.02 Å². The van der Waals surface area contributed by atoms with Gasteiger partial charge in [0, 0.05) is 11.4 Å². The van der Waals surface area contributed by atoms with Crippen LogP contribution in [0.3, 0.4) is 0 Å². The lowest BCUT2D eigenvalue weighted by molar-refractivity contribution is 0.138. The molecule has 0 spiro atoms. The topological polar surface area (TPSA) is 9.23 Å². The van der Waals surface area contributed by atoms with Gasteiger partial charge in [-0.25, -0.2) is 0 Å². The van der Waals surface area contributed by atoms with Gasteiger partial charge in [-0.1, -0.05) is 29.8 Å². The van der Waals surface area contributed by atoms with Gasteiger partial charge in [-0.05, 0) is 54.8 Å². The minimum Gasteiger partial charge on any atom is -0.487 e. The average Bonchev–Trinajstić information content (AvgIpc) is 2.62. The van der Waals surface area contributed by atoms with Crippen molar-refractivity contribution in [2.45, 2.75) is 25.9 Å². The van der Waals surface area contributed by atoms with Crippen LogP contribution in [0.1, 0.15) is 19.4 Å². The van der Waals surface area contributed by atoms with Gasteiger partial charge in [-0.3, -0.25) is 0 Å².